The average Bonchev–Trinajstić information content (AvgIpc) is 3.04. The topological polar surface area (TPSA) is 38.1 Å². The van der Waals surface area contributed by atoms with E-state index < -0.39 is 0 Å². The van der Waals surface area contributed by atoms with Crippen molar-refractivity contribution in [1.29, 1.82) is 0 Å². The highest BCUT2D eigenvalue weighted by Gasteiger charge is 2.33. The minimum Gasteiger partial charge on any atom is -0.322 e. The van der Waals surface area contributed by atoms with Crippen LogP contribution in [0.2, 0.25) is 5.02 Å². The lowest BCUT2D eigenvalue weighted by atomic mass is 10.1. The number of rotatable bonds is 2. The highest BCUT2D eigenvalue weighted by atomic mass is 35.5. The maximum atomic E-state index is 13.0. The summed E-state index contributed by atoms with van der Waals surface area (Å²) in [6.07, 6.45) is 0. The zero-order valence-corrected chi connectivity index (χ0v) is 14.4. The van der Waals surface area contributed by atoms with E-state index in [2.05, 4.69) is 5.10 Å². The first kappa shape index (κ1) is 15.4. The van der Waals surface area contributed by atoms with E-state index in [1.54, 1.807) is 16.4 Å². The van der Waals surface area contributed by atoms with Crippen LogP contribution in [0.25, 0.3) is 0 Å². The maximum Gasteiger partial charge on any atom is 0.258 e. The first-order valence-corrected chi connectivity index (χ1v) is 8.60. The van der Waals surface area contributed by atoms with E-state index in [-0.39, 0.29) is 11.3 Å². The third kappa shape index (κ3) is 2.63. The summed E-state index contributed by atoms with van der Waals surface area (Å²) in [5.74, 6) is 0.986. The largest absolute Gasteiger partial charge is 0.322 e. The van der Waals surface area contributed by atoms with Gasteiger partial charge in [0.2, 0.25) is 0 Å². The number of aromatic nitrogens is 2. The number of benzene rings is 1. The van der Waals surface area contributed by atoms with Crippen LogP contribution in [0.4, 0.5) is 0 Å². The molecule has 4 nitrogen and oxygen atoms in total. The lowest BCUT2D eigenvalue weighted by Crippen LogP contribution is -2.31. The molecule has 0 aliphatic carbocycles. The molecule has 1 aromatic carbocycles. The molecule has 1 unspecified atom stereocenters. The summed E-state index contributed by atoms with van der Waals surface area (Å²) in [5, 5.41) is 5.08. The molecule has 1 saturated heterocycles. The Morgan fingerprint density at radius 2 is 2.18 bits per heavy atom. The fourth-order valence-electron chi connectivity index (χ4n) is 2.84. The molecule has 22 heavy (non-hydrogen) atoms. The number of aryl methyl sites for hydroxylation is 2. The molecular weight excluding hydrogens is 318 g/mol. The van der Waals surface area contributed by atoms with Crippen LogP contribution in [-0.2, 0) is 7.05 Å². The number of thioether (sulfide) groups is 1. The van der Waals surface area contributed by atoms with E-state index in [1.165, 1.54) is 0 Å². The molecule has 116 valence electrons. The molecule has 1 amide bonds. The average molecular weight is 336 g/mol. The predicted octanol–water partition coefficient (Wildman–Crippen LogP) is 3.58. The molecule has 0 spiro atoms. The van der Waals surface area contributed by atoms with Gasteiger partial charge in [-0.25, -0.2) is 0 Å². The molecule has 1 aliphatic rings. The zero-order valence-electron chi connectivity index (χ0n) is 12.8. The van der Waals surface area contributed by atoms with Gasteiger partial charge in [0.15, 0.2) is 0 Å². The van der Waals surface area contributed by atoms with Gasteiger partial charge in [0.05, 0.1) is 11.3 Å². The second-order valence-electron chi connectivity index (χ2n) is 5.45. The van der Waals surface area contributed by atoms with Crippen LogP contribution in [0.15, 0.2) is 24.3 Å². The Morgan fingerprint density at radius 1 is 1.41 bits per heavy atom. The molecule has 2 heterocycles. The van der Waals surface area contributed by atoms with E-state index >= 15 is 0 Å². The minimum absolute atomic E-state index is 0.0187. The van der Waals surface area contributed by atoms with Crippen molar-refractivity contribution in [2.75, 3.05) is 12.3 Å². The summed E-state index contributed by atoms with van der Waals surface area (Å²) in [7, 11) is 1.87. The van der Waals surface area contributed by atoms with Crippen LogP contribution < -0.4 is 0 Å². The molecule has 0 N–H and O–H groups in total. The zero-order chi connectivity index (χ0) is 15.9. The number of nitrogens with zero attached hydrogens (tertiary/aromatic N) is 3. The summed E-state index contributed by atoms with van der Waals surface area (Å²) in [4.78, 5) is 14.9. The van der Waals surface area contributed by atoms with Crippen molar-refractivity contribution < 1.29 is 4.79 Å². The first-order chi connectivity index (χ1) is 10.5. The summed E-state index contributed by atoms with van der Waals surface area (Å²) >= 11 is 7.87. The highest BCUT2D eigenvalue weighted by Crippen LogP contribution is 2.39. The summed E-state index contributed by atoms with van der Waals surface area (Å²) in [6.45, 7) is 4.57. The normalized spacial score (nSPS) is 18.0. The Kier molecular flexibility index (Phi) is 4.19. The van der Waals surface area contributed by atoms with Crippen LogP contribution in [0.3, 0.4) is 0 Å². The van der Waals surface area contributed by atoms with Crippen molar-refractivity contribution in [3.05, 3.63) is 51.8 Å². The van der Waals surface area contributed by atoms with Crippen LogP contribution in [0.1, 0.15) is 32.7 Å². The van der Waals surface area contributed by atoms with Gasteiger partial charge in [0.1, 0.15) is 5.37 Å². The summed E-state index contributed by atoms with van der Waals surface area (Å²) in [5.41, 5.74) is 3.48. The van der Waals surface area contributed by atoms with Crippen LogP contribution in [0.5, 0.6) is 0 Å². The fraction of sp³-hybridized carbons (Fsp3) is 0.375. The maximum absolute atomic E-state index is 13.0. The molecule has 1 aliphatic heterocycles. The molecule has 1 atom stereocenters. The number of carbonyl (C=O) groups excluding carboxylic acids is 1. The van der Waals surface area contributed by atoms with Crippen molar-refractivity contribution >= 4 is 29.3 Å². The molecule has 0 radical (unpaired) electrons. The van der Waals surface area contributed by atoms with Gasteiger partial charge in [0, 0.05) is 30.1 Å². The number of hydrogen-bond donors (Lipinski definition) is 0. The standard InChI is InChI=1S/C16H18ClN3OS/c1-10-14(11(2)19(3)18-10)15(21)20-7-8-22-16(20)12-5-4-6-13(17)9-12/h4-6,9,16H,7-8H2,1-3H3. The Hall–Kier alpha value is -1.46. The van der Waals surface area contributed by atoms with Crippen LogP contribution >= 0.6 is 23.4 Å². The molecule has 6 heteroatoms. The summed E-state index contributed by atoms with van der Waals surface area (Å²) < 4.78 is 1.76. The fourth-order valence-corrected chi connectivity index (χ4v) is 4.29. The molecule has 0 saturated carbocycles. The lowest BCUT2D eigenvalue weighted by molar-refractivity contribution is 0.0758. The van der Waals surface area contributed by atoms with E-state index in [0.717, 1.165) is 34.8 Å². The first-order valence-electron chi connectivity index (χ1n) is 7.17. The Morgan fingerprint density at radius 3 is 2.82 bits per heavy atom. The third-order valence-corrected chi connectivity index (χ3v) is 5.50. The second kappa shape index (κ2) is 5.97. The third-order valence-electron chi connectivity index (χ3n) is 4.01. The van der Waals surface area contributed by atoms with Gasteiger partial charge in [-0.2, -0.15) is 5.10 Å². The smallest absolute Gasteiger partial charge is 0.258 e. The van der Waals surface area contributed by atoms with E-state index in [0.29, 0.717) is 5.02 Å². The minimum atomic E-state index is 0.0187. The van der Waals surface area contributed by atoms with Crippen LogP contribution in [-0.4, -0.2) is 32.9 Å². The van der Waals surface area contributed by atoms with Crippen molar-refractivity contribution in [2.24, 2.45) is 7.05 Å². The summed E-state index contributed by atoms with van der Waals surface area (Å²) in [6, 6.07) is 7.75. The van der Waals surface area contributed by atoms with Gasteiger partial charge in [0.25, 0.3) is 5.91 Å². The van der Waals surface area contributed by atoms with Crippen molar-refractivity contribution in [2.45, 2.75) is 19.2 Å². The van der Waals surface area contributed by atoms with Crippen molar-refractivity contribution in [3.63, 3.8) is 0 Å². The number of halogens is 1. The van der Waals surface area contributed by atoms with Gasteiger partial charge < -0.3 is 4.90 Å². The number of amides is 1. The quantitative estimate of drug-likeness (QED) is 0.842. The van der Waals surface area contributed by atoms with Gasteiger partial charge in [-0.05, 0) is 31.5 Å². The predicted molar refractivity (Wildman–Crippen MR) is 90.4 cm³/mol. The molecule has 1 aromatic heterocycles. The van der Waals surface area contributed by atoms with Gasteiger partial charge >= 0.3 is 0 Å². The Bertz CT molecular complexity index is 728. The van der Waals surface area contributed by atoms with E-state index in [4.69, 9.17) is 11.6 Å². The van der Waals surface area contributed by atoms with Gasteiger partial charge in [-0.15, -0.1) is 11.8 Å². The molecule has 3 rings (SSSR count). The van der Waals surface area contributed by atoms with Crippen LogP contribution in [0, 0.1) is 13.8 Å². The second-order valence-corrected chi connectivity index (χ2v) is 7.07. The van der Waals surface area contributed by atoms with Gasteiger partial charge in [-0.1, -0.05) is 23.7 Å². The van der Waals surface area contributed by atoms with Crippen molar-refractivity contribution in [1.82, 2.24) is 14.7 Å². The molecule has 2 aromatic rings. The van der Waals surface area contributed by atoms with E-state index in [1.807, 2.05) is 50.1 Å². The molecule has 0 bridgehead atoms. The molecule has 1 fully saturated rings. The Labute approximate surface area is 139 Å². The molecular formula is C16H18ClN3OS. The van der Waals surface area contributed by atoms with Gasteiger partial charge in [-0.3, -0.25) is 9.48 Å². The highest BCUT2D eigenvalue weighted by molar-refractivity contribution is 7.99. The Balaban J connectivity index is 1.95. The number of carbonyl (C=O) groups is 1. The SMILES string of the molecule is Cc1nn(C)c(C)c1C(=O)N1CCSC1c1cccc(Cl)c1. The van der Waals surface area contributed by atoms with E-state index in [9.17, 15) is 4.79 Å². The number of hydrogen-bond acceptors (Lipinski definition) is 3. The van der Waals surface area contributed by atoms with Crippen molar-refractivity contribution in [3.8, 4) is 0 Å². The monoisotopic (exact) mass is 335 g/mol. The lowest BCUT2D eigenvalue weighted by Gasteiger charge is -2.24.